The van der Waals surface area contributed by atoms with Crippen LogP contribution in [0.5, 0.6) is 0 Å². The molecule has 0 amide bonds. The maximum absolute atomic E-state index is 5.49. The zero-order chi connectivity index (χ0) is 9.64. The fourth-order valence-corrected chi connectivity index (χ4v) is 2.81. The zero-order valence-corrected chi connectivity index (χ0v) is 9.00. The molecule has 0 aromatic heterocycles. The molecule has 2 rings (SSSR count). The van der Waals surface area contributed by atoms with E-state index in [1.165, 1.54) is 0 Å². The van der Waals surface area contributed by atoms with Crippen molar-refractivity contribution in [3.8, 4) is 0 Å². The van der Waals surface area contributed by atoms with Crippen LogP contribution in [0.4, 0.5) is 0 Å². The average molecular weight is 181 g/mol. The predicted molar refractivity (Wildman–Crippen MR) is 53.9 cm³/mol. The zero-order valence-electron chi connectivity index (χ0n) is 9.00. The average Bonchev–Trinajstić information content (AvgIpc) is 2.55. The second-order valence-electron chi connectivity index (χ2n) is 4.93. The van der Waals surface area contributed by atoms with Crippen LogP contribution in [0.25, 0.3) is 0 Å². The summed E-state index contributed by atoms with van der Waals surface area (Å²) in [6, 6.07) is 0.540. The first kappa shape index (κ1) is 9.04. The molecule has 0 spiro atoms. The van der Waals surface area contributed by atoms with Crippen LogP contribution in [0, 0.1) is 17.3 Å². The van der Waals surface area contributed by atoms with Crippen molar-refractivity contribution in [3.05, 3.63) is 0 Å². The summed E-state index contributed by atoms with van der Waals surface area (Å²) >= 11 is 0. The molecule has 2 unspecified atom stereocenters. The van der Waals surface area contributed by atoms with Crippen LogP contribution in [0.15, 0.2) is 4.99 Å². The highest BCUT2D eigenvalue weighted by Gasteiger charge is 2.62. The quantitative estimate of drug-likeness (QED) is 0.609. The van der Waals surface area contributed by atoms with Gasteiger partial charge in [-0.2, -0.15) is 0 Å². The minimum atomic E-state index is 0.429. The van der Waals surface area contributed by atoms with Gasteiger partial charge in [0.2, 0.25) is 0 Å². The first-order valence-electron chi connectivity index (χ1n) is 5.26. The van der Waals surface area contributed by atoms with Crippen molar-refractivity contribution in [1.82, 2.24) is 0 Å². The molecule has 1 saturated carbocycles. The van der Waals surface area contributed by atoms with Crippen molar-refractivity contribution in [2.45, 2.75) is 40.2 Å². The van der Waals surface area contributed by atoms with Gasteiger partial charge in [0.15, 0.2) is 5.90 Å². The van der Waals surface area contributed by atoms with Crippen LogP contribution in [-0.2, 0) is 4.74 Å². The lowest BCUT2D eigenvalue weighted by molar-refractivity contribution is 0.294. The molecule has 1 fully saturated rings. The van der Waals surface area contributed by atoms with Crippen LogP contribution in [-0.4, -0.2) is 18.5 Å². The van der Waals surface area contributed by atoms with Gasteiger partial charge in [0.25, 0.3) is 0 Å². The summed E-state index contributed by atoms with van der Waals surface area (Å²) in [6.45, 7) is 9.73. The molecule has 2 nitrogen and oxygen atoms in total. The third-order valence-electron chi connectivity index (χ3n) is 3.56. The molecule has 0 saturated heterocycles. The maximum Gasteiger partial charge on any atom is 0.183 e. The summed E-state index contributed by atoms with van der Waals surface area (Å²) in [6.07, 6.45) is 1.04. The Bertz CT molecular complexity index is 244. The van der Waals surface area contributed by atoms with Gasteiger partial charge in [0.05, 0.1) is 12.6 Å². The van der Waals surface area contributed by atoms with E-state index < -0.39 is 0 Å². The molecule has 0 aromatic carbocycles. The summed E-state index contributed by atoms with van der Waals surface area (Å²) < 4.78 is 5.49. The van der Waals surface area contributed by atoms with E-state index in [9.17, 15) is 0 Å². The molecule has 1 aliphatic carbocycles. The summed E-state index contributed by atoms with van der Waals surface area (Å²) in [5.41, 5.74) is 0.429. The van der Waals surface area contributed by atoms with Gasteiger partial charge in [-0.1, -0.05) is 20.8 Å². The second-order valence-corrected chi connectivity index (χ2v) is 4.93. The molecule has 1 aliphatic heterocycles. The first-order valence-corrected chi connectivity index (χ1v) is 5.26. The molecule has 3 atom stereocenters. The van der Waals surface area contributed by atoms with E-state index in [0.29, 0.717) is 11.5 Å². The van der Waals surface area contributed by atoms with Crippen molar-refractivity contribution < 1.29 is 4.74 Å². The van der Waals surface area contributed by atoms with E-state index in [2.05, 4.69) is 25.8 Å². The summed E-state index contributed by atoms with van der Waals surface area (Å²) in [5.74, 6) is 2.54. The molecular formula is C11H19NO. The molecule has 13 heavy (non-hydrogen) atoms. The van der Waals surface area contributed by atoms with Crippen molar-refractivity contribution in [3.63, 3.8) is 0 Å². The van der Waals surface area contributed by atoms with E-state index in [1.54, 1.807) is 0 Å². The number of rotatable bonds is 1. The van der Waals surface area contributed by atoms with Crippen LogP contribution >= 0.6 is 0 Å². The number of hydrogen-bond acceptors (Lipinski definition) is 2. The smallest absolute Gasteiger partial charge is 0.183 e. The second kappa shape index (κ2) is 2.73. The number of hydrogen-bond donors (Lipinski definition) is 0. The Kier molecular flexibility index (Phi) is 1.90. The highest BCUT2D eigenvalue weighted by Crippen LogP contribution is 2.60. The fraction of sp³-hybridized carbons (Fsp3) is 0.909. The van der Waals surface area contributed by atoms with Gasteiger partial charge in [-0.25, -0.2) is 0 Å². The summed E-state index contributed by atoms with van der Waals surface area (Å²) in [7, 11) is 0. The Morgan fingerprint density at radius 2 is 2.23 bits per heavy atom. The monoisotopic (exact) mass is 181 g/mol. The van der Waals surface area contributed by atoms with Crippen LogP contribution in [0.2, 0.25) is 0 Å². The molecule has 1 heterocycles. The molecule has 0 radical (unpaired) electrons. The lowest BCUT2D eigenvalue weighted by atomic mass is 9.95. The van der Waals surface area contributed by atoms with Crippen LogP contribution in [0.3, 0.4) is 0 Å². The standard InChI is InChI=1S/C11H19NO/c1-5-13-8-6-7(2)9-10(12-8)11(9,3)4/h7,9-10H,5-6H2,1-4H3/t7-,9?,10?/m0/s1. The molecule has 0 bridgehead atoms. The van der Waals surface area contributed by atoms with Gasteiger partial charge in [-0.15, -0.1) is 0 Å². The Hall–Kier alpha value is -0.530. The lowest BCUT2D eigenvalue weighted by Gasteiger charge is -2.17. The van der Waals surface area contributed by atoms with E-state index in [4.69, 9.17) is 4.74 Å². The highest BCUT2D eigenvalue weighted by atomic mass is 16.5. The number of fused-ring (bicyclic) bond motifs is 1. The van der Waals surface area contributed by atoms with Crippen molar-refractivity contribution in [1.29, 1.82) is 0 Å². The van der Waals surface area contributed by atoms with Gasteiger partial charge in [-0.05, 0) is 24.2 Å². The largest absolute Gasteiger partial charge is 0.481 e. The fourth-order valence-electron chi connectivity index (χ4n) is 2.81. The third-order valence-corrected chi connectivity index (χ3v) is 3.56. The lowest BCUT2D eigenvalue weighted by Crippen LogP contribution is -2.17. The van der Waals surface area contributed by atoms with Gasteiger partial charge < -0.3 is 4.74 Å². The van der Waals surface area contributed by atoms with E-state index in [1.807, 2.05) is 6.92 Å². The van der Waals surface area contributed by atoms with Crippen LogP contribution in [0.1, 0.15) is 34.1 Å². The number of ether oxygens (including phenoxy) is 1. The molecule has 0 N–H and O–H groups in total. The number of aliphatic imine (C=N–C) groups is 1. The Balaban J connectivity index is 2.11. The summed E-state index contributed by atoms with van der Waals surface area (Å²) in [5, 5.41) is 0. The third kappa shape index (κ3) is 1.27. The summed E-state index contributed by atoms with van der Waals surface area (Å²) in [4.78, 5) is 4.64. The van der Waals surface area contributed by atoms with Crippen LogP contribution < -0.4 is 0 Å². The molecule has 2 heteroatoms. The van der Waals surface area contributed by atoms with Crippen molar-refractivity contribution in [2.24, 2.45) is 22.2 Å². The maximum atomic E-state index is 5.49. The molecular weight excluding hydrogens is 162 g/mol. The molecule has 2 aliphatic rings. The SMILES string of the molecule is CCOC1=NC2C([C@@H](C)C1)C2(C)C. The minimum absolute atomic E-state index is 0.429. The van der Waals surface area contributed by atoms with Gasteiger partial charge in [0.1, 0.15) is 0 Å². The Morgan fingerprint density at radius 1 is 1.54 bits per heavy atom. The van der Waals surface area contributed by atoms with E-state index in [-0.39, 0.29) is 0 Å². The van der Waals surface area contributed by atoms with Gasteiger partial charge in [-0.3, -0.25) is 4.99 Å². The Labute approximate surface area is 80.4 Å². The topological polar surface area (TPSA) is 21.6 Å². The minimum Gasteiger partial charge on any atom is -0.481 e. The van der Waals surface area contributed by atoms with Crippen molar-refractivity contribution in [2.75, 3.05) is 6.61 Å². The van der Waals surface area contributed by atoms with Gasteiger partial charge >= 0.3 is 0 Å². The molecule has 0 aromatic rings. The first-order chi connectivity index (χ1) is 6.07. The molecule has 74 valence electrons. The normalized spacial score (nSPS) is 40.6. The van der Waals surface area contributed by atoms with Gasteiger partial charge in [0, 0.05) is 6.42 Å². The van der Waals surface area contributed by atoms with E-state index >= 15 is 0 Å². The number of nitrogens with zero attached hydrogens (tertiary/aromatic N) is 1. The highest BCUT2D eigenvalue weighted by molar-refractivity contribution is 5.78. The Morgan fingerprint density at radius 3 is 2.77 bits per heavy atom. The van der Waals surface area contributed by atoms with E-state index in [0.717, 1.165) is 30.8 Å². The predicted octanol–water partition coefficient (Wildman–Crippen LogP) is 2.49. The van der Waals surface area contributed by atoms with Crippen molar-refractivity contribution >= 4 is 5.90 Å².